The standard InChI is InChI=1S/C13H21BO3.Li/c1-4-6-11-16-14(15-5-2)17-13-10-8-7-9-12(13)3;/h7-10H,4-6,11H2,1-3H3;. The molecule has 1 aromatic rings. The Labute approximate surface area is 123 Å². The predicted molar refractivity (Wildman–Crippen MR) is 75.8 cm³/mol. The maximum atomic E-state index is 5.69. The van der Waals surface area contributed by atoms with Crippen LogP contribution in [0.15, 0.2) is 24.3 Å². The van der Waals surface area contributed by atoms with Crippen LogP contribution < -0.4 is 4.65 Å². The second kappa shape index (κ2) is 10.5. The molecule has 0 spiro atoms. The van der Waals surface area contributed by atoms with Gasteiger partial charge in [0.1, 0.15) is 5.75 Å². The van der Waals surface area contributed by atoms with Crippen molar-refractivity contribution in [1.82, 2.24) is 0 Å². The van der Waals surface area contributed by atoms with Gasteiger partial charge in [0.25, 0.3) is 0 Å². The average Bonchev–Trinajstić information content (AvgIpc) is 2.32. The normalized spacial score (nSPS) is 9.72. The molecule has 0 bridgehead atoms. The summed E-state index contributed by atoms with van der Waals surface area (Å²) in [5, 5.41) is 0. The molecule has 18 heavy (non-hydrogen) atoms. The molecule has 0 aromatic heterocycles. The van der Waals surface area contributed by atoms with Crippen molar-refractivity contribution in [3.63, 3.8) is 0 Å². The van der Waals surface area contributed by atoms with Crippen LogP contribution in [0.4, 0.5) is 0 Å². The van der Waals surface area contributed by atoms with Crippen molar-refractivity contribution in [2.75, 3.05) is 13.2 Å². The molecule has 0 atom stereocenters. The molecule has 0 saturated carbocycles. The van der Waals surface area contributed by atoms with Gasteiger partial charge < -0.3 is 14.0 Å². The van der Waals surface area contributed by atoms with E-state index in [1.165, 1.54) is 0 Å². The summed E-state index contributed by atoms with van der Waals surface area (Å²) in [7, 11) is -0.604. The average molecular weight is 243 g/mol. The van der Waals surface area contributed by atoms with Gasteiger partial charge in [-0.05, 0) is 31.9 Å². The van der Waals surface area contributed by atoms with Gasteiger partial charge in [0, 0.05) is 32.1 Å². The van der Waals surface area contributed by atoms with Crippen molar-refractivity contribution in [2.45, 2.75) is 33.6 Å². The molecule has 0 aliphatic rings. The third-order valence-corrected chi connectivity index (χ3v) is 2.37. The van der Waals surface area contributed by atoms with Gasteiger partial charge in [0.15, 0.2) is 0 Å². The van der Waals surface area contributed by atoms with Crippen LogP contribution in [0.1, 0.15) is 32.3 Å². The van der Waals surface area contributed by atoms with Crippen molar-refractivity contribution in [3.05, 3.63) is 29.8 Å². The van der Waals surface area contributed by atoms with Gasteiger partial charge in [0.2, 0.25) is 0 Å². The van der Waals surface area contributed by atoms with Crippen molar-refractivity contribution in [2.24, 2.45) is 0 Å². The van der Waals surface area contributed by atoms with E-state index in [0.717, 1.165) is 24.2 Å². The van der Waals surface area contributed by atoms with Gasteiger partial charge in [-0.25, -0.2) is 0 Å². The van der Waals surface area contributed by atoms with Crippen molar-refractivity contribution < 1.29 is 14.0 Å². The smallest absolute Gasteiger partial charge is 0.512 e. The van der Waals surface area contributed by atoms with Crippen LogP contribution in [0.2, 0.25) is 0 Å². The molecule has 0 unspecified atom stereocenters. The van der Waals surface area contributed by atoms with Gasteiger partial charge in [-0.3, -0.25) is 0 Å². The number of rotatable bonds is 8. The molecule has 5 heteroatoms. The summed E-state index contributed by atoms with van der Waals surface area (Å²) in [5.41, 5.74) is 1.08. The maximum Gasteiger partial charge on any atom is 0.713 e. The Kier molecular flexibility index (Phi) is 10.3. The molecule has 95 valence electrons. The summed E-state index contributed by atoms with van der Waals surface area (Å²) in [6, 6.07) is 7.85. The Hall–Kier alpha value is -0.398. The fourth-order valence-corrected chi connectivity index (χ4v) is 1.37. The molecule has 1 aromatic carbocycles. The third kappa shape index (κ3) is 6.51. The third-order valence-electron chi connectivity index (χ3n) is 2.37. The molecule has 1 rings (SSSR count). The molecule has 0 heterocycles. The van der Waals surface area contributed by atoms with Gasteiger partial charge in [0.05, 0.1) is 0 Å². The molecular weight excluding hydrogens is 222 g/mol. The van der Waals surface area contributed by atoms with Crippen LogP contribution in [-0.4, -0.2) is 39.4 Å². The Bertz CT molecular complexity index is 323. The summed E-state index contributed by atoms with van der Waals surface area (Å²) >= 11 is 0. The number of hydrogen-bond acceptors (Lipinski definition) is 3. The van der Waals surface area contributed by atoms with E-state index < -0.39 is 7.32 Å². The molecule has 0 N–H and O–H groups in total. The van der Waals surface area contributed by atoms with Crippen LogP contribution in [0.3, 0.4) is 0 Å². The van der Waals surface area contributed by atoms with Gasteiger partial charge in [-0.2, -0.15) is 0 Å². The monoisotopic (exact) mass is 243 g/mol. The van der Waals surface area contributed by atoms with E-state index in [-0.39, 0.29) is 18.9 Å². The summed E-state index contributed by atoms with van der Waals surface area (Å²) < 4.78 is 16.6. The Morgan fingerprint density at radius 2 is 1.83 bits per heavy atom. The van der Waals surface area contributed by atoms with Crippen molar-refractivity contribution in [1.29, 1.82) is 0 Å². The van der Waals surface area contributed by atoms with Gasteiger partial charge in [-0.15, -0.1) is 0 Å². The molecule has 0 saturated heterocycles. The first kappa shape index (κ1) is 17.6. The second-order valence-corrected chi connectivity index (χ2v) is 3.85. The minimum atomic E-state index is -0.604. The molecule has 0 aliphatic heterocycles. The van der Waals surface area contributed by atoms with Crippen molar-refractivity contribution >= 4 is 26.2 Å². The Morgan fingerprint density at radius 3 is 2.44 bits per heavy atom. The maximum absolute atomic E-state index is 5.69. The number of aryl methyl sites for hydroxylation is 1. The summed E-state index contributed by atoms with van der Waals surface area (Å²) in [6.07, 6.45) is 2.11. The summed E-state index contributed by atoms with van der Waals surface area (Å²) in [4.78, 5) is 0. The minimum absolute atomic E-state index is 0. The minimum Gasteiger partial charge on any atom is -0.512 e. The molecular formula is C13H21BLiO3. The fraction of sp³-hybridized carbons (Fsp3) is 0.538. The van der Waals surface area contributed by atoms with Crippen LogP contribution in [-0.2, 0) is 9.31 Å². The van der Waals surface area contributed by atoms with Crippen LogP contribution in [0.5, 0.6) is 5.75 Å². The number of para-hydroxylation sites is 1. The van der Waals surface area contributed by atoms with E-state index in [1.807, 2.05) is 38.1 Å². The van der Waals surface area contributed by atoms with E-state index in [2.05, 4.69) is 6.92 Å². The molecule has 0 amide bonds. The zero-order valence-electron chi connectivity index (χ0n) is 11.9. The molecule has 0 fully saturated rings. The zero-order chi connectivity index (χ0) is 12.5. The first-order valence-corrected chi connectivity index (χ1v) is 6.23. The SMILES string of the molecule is CCCCOB(OCC)Oc1ccccc1C.[Li]. The first-order chi connectivity index (χ1) is 8.27. The summed E-state index contributed by atoms with van der Waals surface area (Å²) in [5.74, 6) is 0.808. The van der Waals surface area contributed by atoms with E-state index in [4.69, 9.17) is 14.0 Å². The largest absolute Gasteiger partial charge is 0.713 e. The van der Waals surface area contributed by atoms with Crippen molar-refractivity contribution in [3.8, 4) is 5.75 Å². The predicted octanol–water partition coefficient (Wildman–Crippen LogP) is 2.83. The summed E-state index contributed by atoms with van der Waals surface area (Å²) in [6.45, 7) is 7.29. The van der Waals surface area contributed by atoms with Gasteiger partial charge in [-0.1, -0.05) is 31.5 Å². The van der Waals surface area contributed by atoms with E-state index >= 15 is 0 Å². The Morgan fingerprint density at radius 1 is 1.11 bits per heavy atom. The van der Waals surface area contributed by atoms with E-state index in [0.29, 0.717) is 13.2 Å². The molecule has 0 aliphatic carbocycles. The van der Waals surface area contributed by atoms with Crippen LogP contribution in [0.25, 0.3) is 0 Å². The first-order valence-electron chi connectivity index (χ1n) is 6.23. The van der Waals surface area contributed by atoms with E-state index in [9.17, 15) is 0 Å². The topological polar surface area (TPSA) is 27.7 Å². The zero-order valence-corrected chi connectivity index (χ0v) is 11.9. The number of hydrogen-bond donors (Lipinski definition) is 0. The quantitative estimate of drug-likeness (QED) is 0.519. The van der Waals surface area contributed by atoms with Crippen LogP contribution >= 0.6 is 0 Å². The number of unbranched alkanes of at least 4 members (excludes halogenated alkanes) is 1. The van der Waals surface area contributed by atoms with Gasteiger partial charge >= 0.3 is 7.32 Å². The molecule has 1 radical (unpaired) electrons. The number of benzene rings is 1. The second-order valence-electron chi connectivity index (χ2n) is 3.85. The Balaban J connectivity index is 0.00000289. The molecule has 3 nitrogen and oxygen atoms in total. The van der Waals surface area contributed by atoms with E-state index in [1.54, 1.807) is 0 Å². The fourth-order valence-electron chi connectivity index (χ4n) is 1.37. The van der Waals surface area contributed by atoms with Crippen LogP contribution in [0, 0.1) is 6.92 Å².